The molecule has 2 N–H and O–H groups in total. The average Bonchev–Trinajstić information content (AvgIpc) is 2.65. The van der Waals surface area contributed by atoms with Gasteiger partial charge in [0.15, 0.2) is 6.61 Å². The summed E-state index contributed by atoms with van der Waals surface area (Å²) >= 11 is 0. The molecule has 156 valence electrons. The summed E-state index contributed by atoms with van der Waals surface area (Å²) in [6.45, 7) is 2.37. The predicted octanol–water partition coefficient (Wildman–Crippen LogP) is 2.97. The third-order valence-electron chi connectivity index (χ3n) is 4.60. The van der Waals surface area contributed by atoms with Crippen LogP contribution in [0.3, 0.4) is 0 Å². The molecule has 0 spiro atoms. The molecule has 0 saturated carbocycles. The van der Waals surface area contributed by atoms with Crippen LogP contribution in [0.4, 0.5) is 18.0 Å². The first-order valence-electron chi connectivity index (χ1n) is 9.29. The minimum absolute atomic E-state index is 0.262. The summed E-state index contributed by atoms with van der Waals surface area (Å²) in [6.07, 6.45) is -2.15. The van der Waals surface area contributed by atoms with E-state index in [2.05, 4.69) is 21.9 Å². The van der Waals surface area contributed by atoms with Crippen LogP contribution >= 0.6 is 0 Å². The Bertz CT molecular complexity index is 650. The Morgan fingerprint density at radius 1 is 1.14 bits per heavy atom. The fraction of sp³-hybridized carbons (Fsp3) is 0.579. The molecule has 1 saturated heterocycles. The molecule has 1 heterocycles. The molecule has 0 aliphatic carbocycles. The van der Waals surface area contributed by atoms with Crippen LogP contribution in [0.25, 0.3) is 0 Å². The van der Waals surface area contributed by atoms with Gasteiger partial charge in [0.1, 0.15) is 6.54 Å². The summed E-state index contributed by atoms with van der Waals surface area (Å²) in [5.41, 5.74) is 2.10. The SMILES string of the molecule is CC1CCCCN1Cc1ccc(CNC(=O)CNC(=O)OCC(F)(F)F)cc1. The summed E-state index contributed by atoms with van der Waals surface area (Å²) < 4.78 is 39.7. The van der Waals surface area contributed by atoms with Crippen molar-refractivity contribution in [1.82, 2.24) is 15.5 Å². The molecule has 1 fully saturated rings. The van der Waals surface area contributed by atoms with Crippen LogP contribution in [-0.4, -0.2) is 48.8 Å². The topological polar surface area (TPSA) is 70.7 Å². The molecule has 1 aliphatic rings. The number of alkyl carbamates (subject to hydrolysis) is 1. The van der Waals surface area contributed by atoms with E-state index in [0.717, 1.165) is 18.7 Å². The number of amides is 2. The van der Waals surface area contributed by atoms with Crippen molar-refractivity contribution in [1.29, 1.82) is 0 Å². The number of ether oxygens (including phenoxy) is 1. The molecule has 1 atom stereocenters. The Balaban J connectivity index is 1.68. The predicted molar refractivity (Wildman–Crippen MR) is 97.4 cm³/mol. The van der Waals surface area contributed by atoms with Gasteiger partial charge >= 0.3 is 12.3 Å². The Kier molecular flexibility index (Phi) is 8.10. The van der Waals surface area contributed by atoms with Crippen LogP contribution in [0.5, 0.6) is 0 Å². The van der Waals surface area contributed by atoms with E-state index in [-0.39, 0.29) is 6.54 Å². The van der Waals surface area contributed by atoms with Gasteiger partial charge in [-0.3, -0.25) is 9.69 Å². The number of hydrogen-bond acceptors (Lipinski definition) is 4. The maximum atomic E-state index is 11.9. The highest BCUT2D eigenvalue weighted by atomic mass is 19.4. The molecule has 28 heavy (non-hydrogen) atoms. The second-order valence-electron chi connectivity index (χ2n) is 6.95. The molecule has 2 rings (SSSR count). The van der Waals surface area contributed by atoms with E-state index in [4.69, 9.17) is 0 Å². The van der Waals surface area contributed by atoms with Gasteiger partial charge in [-0.25, -0.2) is 4.79 Å². The van der Waals surface area contributed by atoms with Gasteiger partial charge in [-0.2, -0.15) is 13.2 Å². The first kappa shape index (κ1) is 22.0. The quantitative estimate of drug-likeness (QED) is 0.737. The van der Waals surface area contributed by atoms with Gasteiger partial charge < -0.3 is 15.4 Å². The van der Waals surface area contributed by atoms with E-state index in [1.54, 1.807) is 0 Å². The standard InChI is InChI=1S/C19H26F3N3O3/c1-14-4-2-3-9-25(14)12-16-7-5-15(6-8-16)10-23-17(26)11-24-18(27)28-13-19(20,21)22/h5-8,14H,2-4,9-13H2,1H3,(H,23,26)(H,24,27). The molecule has 0 bridgehead atoms. The number of alkyl halides is 3. The van der Waals surface area contributed by atoms with Crippen LogP contribution in [0, 0.1) is 0 Å². The van der Waals surface area contributed by atoms with Gasteiger partial charge in [0.2, 0.25) is 5.91 Å². The normalized spacial score (nSPS) is 17.8. The zero-order valence-corrected chi connectivity index (χ0v) is 15.8. The lowest BCUT2D eigenvalue weighted by Crippen LogP contribution is -2.38. The van der Waals surface area contributed by atoms with Gasteiger partial charge in [0, 0.05) is 19.1 Å². The number of likely N-dealkylation sites (tertiary alicyclic amines) is 1. The minimum atomic E-state index is -4.60. The highest BCUT2D eigenvalue weighted by Crippen LogP contribution is 2.19. The molecule has 6 nitrogen and oxygen atoms in total. The van der Waals surface area contributed by atoms with Crippen molar-refractivity contribution >= 4 is 12.0 Å². The monoisotopic (exact) mass is 401 g/mol. The summed E-state index contributed by atoms with van der Waals surface area (Å²) in [5, 5.41) is 4.56. The van der Waals surface area contributed by atoms with Crippen LogP contribution in [0.15, 0.2) is 24.3 Å². The fourth-order valence-electron chi connectivity index (χ4n) is 3.00. The Hall–Kier alpha value is -2.29. The largest absolute Gasteiger partial charge is 0.440 e. The number of benzene rings is 1. The van der Waals surface area contributed by atoms with E-state index in [9.17, 15) is 22.8 Å². The Morgan fingerprint density at radius 3 is 2.46 bits per heavy atom. The molecular weight excluding hydrogens is 375 g/mol. The van der Waals surface area contributed by atoms with Crippen molar-refractivity contribution in [3.8, 4) is 0 Å². The Morgan fingerprint density at radius 2 is 1.82 bits per heavy atom. The number of piperidine rings is 1. The summed E-state index contributed by atoms with van der Waals surface area (Å²) in [5.74, 6) is -0.518. The van der Waals surface area contributed by atoms with Crippen LogP contribution in [0.1, 0.15) is 37.3 Å². The van der Waals surface area contributed by atoms with Crippen molar-refractivity contribution in [3.05, 3.63) is 35.4 Å². The van der Waals surface area contributed by atoms with E-state index in [0.29, 0.717) is 6.04 Å². The zero-order chi connectivity index (χ0) is 20.6. The third-order valence-corrected chi connectivity index (χ3v) is 4.60. The number of nitrogens with zero attached hydrogens (tertiary/aromatic N) is 1. The van der Waals surface area contributed by atoms with Crippen molar-refractivity contribution in [2.45, 2.75) is 51.5 Å². The van der Waals surface area contributed by atoms with E-state index >= 15 is 0 Å². The molecule has 1 aromatic rings. The molecular formula is C19H26F3N3O3. The molecule has 1 aliphatic heterocycles. The van der Waals surface area contributed by atoms with Gasteiger partial charge in [0.25, 0.3) is 0 Å². The fourth-order valence-corrected chi connectivity index (χ4v) is 3.00. The second-order valence-corrected chi connectivity index (χ2v) is 6.95. The van der Waals surface area contributed by atoms with Gasteiger partial charge in [-0.15, -0.1) is 0 Å². The highest BCUT2D eigenvalue weighted by molar-refractivity contribution is 5.82. The van der Waals surface area contributed by atoms with Crippen molar-refractivity contribution < 1.29 is 27.5 Å². The first-order valence-corrected chi connectivity index (χ1v) is 9.29. The van der Waals surface area contributed by atoms with Crippen LogP contribution in [0.2, 0.25) is 0 Å². The Labute approximate surface area is 162 Å². The maximum Gasteiger partial charge on any atom is 0.422 e. The molecule has 0 aromatic heterocycles. The van der Waals surface area contributed by atoms with E-state index in [1.807, 2.05) is 29.6 Å². The minimum Gasteiger partial charge on any atom is -0.440 e. The molecule has 1 aromatic carbocycles. The number of carbonyl (C=O) groups is 2. The molecule has 9 heteroatoms. The lowest BCUT2D eigenvalue weighted by molar-refractivity contribution is -0.160. The van der Waals surface area contributed by atoms with Crippen molar-refractivity contribution in [3.63, 3.8) is 0 Å². The van der Waals surface area contributed by atoms with Crippen molar-refractivity contribution in [2.75, 3.05) is 19.7 Å². The van der Waals surface area contributed by atoms with Gasteiger partial charge in [-0.05, 0) is 37.4 Å². The highest BCUT2D eigenvalue weighted by Gasteiger charge is 2.29. The number of carbonyl (C=O) groups excluding carboxylic acids is 2. The van der Waals surface area contributed by atoms with E-state index in [1.165, 1.54) is 24.8 Å². The first-order chi connectivity index (χ1) is 13.2. The third kappa shape index (κ3) is 8.16. The van der Waals surface area contributed by atoms with Gasteiger partial charge in [-0.1, -0.05) is 30.7 Å². The maximum absolute atomic E-state index is 11.9. The average molecular weight is 401 g/mol. The summed E-state index contributed by atoms with van der Waals surface area (Å²) in [6, 6.07) is 8.48. The number of halogens is 3. The smallest absolute Gasteiger partial charge is 0.422 e. The van der Waals surface area contributed by atoms with E-state index < -0.39 is 31.3 Å². The molecule has 0 radical (unpaired) electrons. The molecule has 2 amide bonds. The number of rotatable bonds is 7. The van der Waals surface area contributed by atoms with Crippen LogP contribution in [-0.2, 0) is 22.6 Å². The molecule has 1 unspecified atom stereocenters. The van der Waals surface area contributed by atoms with Gasteiger partial charge in [0.05, 0.1) is 0 Å². The number of nitrogens with one attached hydrogen (secondary N) is 2. The summed E-state index contributed by atoms with van der Waals surface area (Å²) in [4.78, 5) is 25.2. The zero-order valence-electron chi connectivity index (χ0n) is 15.8. The number of hydrogen-bond donors (Lipinski definition) is 2. The lowest BCUT2D eigenvalue weighted by atomic mass is 10.0. The van der Waals surface area contributed by atoms with Crippen LogP contribution < -0.4 is 10.6 Å². The lowest BCUT2D eigenvalue weighted by Gasteiger charge is -2.33. The summed E-state index contributed by atoms with van der Waals surface area (Å²) in [7, 11) is 0. The van der Waals surface area contributed by atoms with Crippen molar-refractivity contribution in [2.24, 2.45) is 0 Å². The second kappa shape index (κ2) is 10.3.